The predicted octanol–water partition coefficient (Wildman–Crippen LogP) is 6.14. The van der Waals surface area contributed by atoms with Crippen molar-refractivity contribution in [3.8, 4) is 22.6 Å². The number of rotatable bonds is 7. The van der Waals surface area contributed by atoms with Gasteiger partial charge in [0.2, 0.25) is 0 Å². The Morgan fingerprint density at radius 1 is 1.03 bits per heavy atom. The van der Waals surface area contributed by atoms with E-state index in [-0.39, 0.29) is 12.5 Å². The van der Waals surface area contributed by atoms with Gasteiger partial charge in [0.25, 0.3) is 5.91 Å². The highest BCUT2D eigenvalue weighted by atomic mass is 79.9. The van der Waals surface area contributed by atoms with Gasteiger partial charge < -0.3 is 9.47 Å². The molecule has 0 saturated carbocycles. The van der Waals surface area contributed by atoms with Gasteiger partial charge in [-0.3, -0.25) is 10.1 Å². The van der Waals surface area contributed by atoms with E-state index < -0.39 is 0 Å². The van der Waals surface area contributed by atoms with Crippen LogP contribution in [0.5, 0.6) is 11.5 Å². The van der Waals surface area contributed by atoms with Crippen LogP contribution < -0.4 is 14.8 Å². The van der Waals surface area contributed by atoms with E-state index in [0.717, 1.165) is 31.6 Å². The van der Waals surface area contributed by atoms with Crippen molar-refractivity contribution in [1.29, 1.82) is 0 Å². The number of nitrogens with one attached hydrogen (secondary N) is 1. The number of hydrogen-bond donors (Lipinski definition) is 1. The number of hydrogen-bond acceptors (Lipinski definition) is 5. The fourth-order valence-electron chi connectivity index (χ4n) is 2.94. The Labute approximate surface area is 186 Å². The molecule has 1 N–H and O–H groups in total. The highest BCUT2D eigenvalue weighted by Crippen LogP contribution is 2.31. The number of carbonyl (C=O) groups excluding carboxylic acids is 1. The van der Waals surface area contributed by atoms with E-state index in [4.69, 9.17) is 9.47 Å². The van der Waals surface area contributed by atoms with Gasteiger partial charge in [-0.15, -0.1) is 0 Å². The van der Waals surface area contributed by atoms with Crippen LogP contribution in [0, 0.1) is 0 Å². The molecular formula is C23H19BrN2O3S. The standard InChI is InChI=1S/C23H19BrN2O3S/c1-2-28-17-9-10-19-21(13-17)30-23(25-19)26-22(27)14-29-20-11-8-16(12-18(20)24)15-6-4-3-5-7-15/h3-13H,2,14H2,1H3,(H,25,26,27). The molecule has 1 aromatic heterocycles. The van der Waals surface area contributed by atoms with Crippen molar-refractivity contribution in [2.75, 3.05) is 18.5 Å². The maximum absolute atomic E-state index is 12.3. The SMILES string of the molecule is CCOc1ccc2nc(NC(=O)COc3ccc(-c4ccccc4)cc3Br)sc2c1. The summed E-state index contributed by atoms with van der Waals surface area (Å²) in [4.78, 5) is 16.8. The van der Waals surface area contributed by atoms with Crippen molar-refractivity contribution in [2.24, 2.45) is 0 Å². The van der Waals surface area contributed by atoms with Crippen LogP contribution in [0.25, 0.3) is 21.3 Å². The average Bonchev–Trinajstić information content (AvgIpc) is 3.15. The van der Waals surface area contributed by atoms with E-state index in [0.29, 0.717) is 17.5 Å². The number of benzene rings is 3. The lowest BCUT2D eigenvalue weighted by Crippen LogP contribution is -2.20. The quantitative estimate of drug-likeness (QED) is 0.343. The third kappa shape index (κ3) is 4.80. The van der Waals surface area contributed by atoms with Crippen LogP contribution in [0.15, 0.2) is 71.2 Å². The van der Waals surface area contributed by atoms with E-state index in [1.54, 1.807) is 0 Å². The van der Waals surface area contributed by atoms with Gasteiger partial charge >= 0.3 is 0 Å². The number of halogens is 1. The molecule has 30 heavy (non-hydrogen) atoms. The molecule has 0 unspecified atom stereocenters. The Morgan fingerprint density at radius 2 is 1.87 bits per heavy atom. The summed E-state index contributed by atoms with van der Waals surface area (Å²) in [6.45, 7) is 2.44. The highest BCUT2D eigenvalue weighted by Gasteiger charge is 2.11. The lowest BCUT2D eigenvalue weighted by Gasteiger charge is -2.09. The van der Waals surface area contributed by atoms with Crippen LogP contribution in [0.3, 0.4) is 0 Å². The number of carbonyl (C=O) groups is 1. The van der Waals surface area contributed by atoms with Gasteiger partial charge in [-0.05, 0) is 64.3 Å². The first-order valence-electron chi connectivity index (χ1n) is 9.43. The summed E-state index contributed by atoms with van der Waals surface area (Å²) < 4.78 is 12.9. The molecule has 0 saturated heterocycles. The topological polar surface area (TPSA) is 60.5 Å². The second kappa shape index (κ2) is 9.28. The molecule has 0 spiro atoms. The molecule has 7 heteroatoms. The van der Waals surface area contributed by atoms with Crippen LogP contribution in [-0.4, -0.2) is 24.1 Å². The molecule has 4 rings (SSSR count). The summed E-state index contributed by atoms with van der Waals surface area (Å²) in [6, 6.07) is 21.6. The number of amides is 1. The minimum atomic E-state index is -0.266. The molecule has 0 aliphatic rings. The molecule has 0 bridgehead atoms. The first kappa shape index (κ1) is 20.4. The number of ether oxygens (including phenoxy) is 2. The monoisotopic (exact) mass is 482 g/mol. The van der Waals surface area contributed by atoms with E-state index in [2.05, 4.69) is 26.2 Å². The van der Waals surface area contributed by atoms with Crippen LogP contribution in [0.4, 0.5) is 5.13 Å². The van der Waals surface area contributed by atoms with Crippen LogP contribution >= 0.6 is 27.3 Å². The van der Waals surface area contributed by atoms with E-state index in [1.807, 2.05) is 73.7 Å². The number of anilines is 1. The molecule has 0 aliphatic heterocycles. The molecule has 4 aromatic rings. The molecule has 152 valence electrons. The fraction of sp³-hybridized carbons (Fsp3) is 0.130. The van der Waals surface area contributed by atoms with Crippen molar-refractivity contribution >= 4 is 48.5 Å². The maximum atomic E-state index is 12.3. The van der Waals surface area contributed by atoms with E-state index >= 15 is 0 Å². The third-order valence-electron chi connectivity index (χ3n) is 4.32. The molecule has 0 aliphatic carbocycles. The Morgan fingerprint density at radius 3 is 2.63 bits per heavy atom. The second-order valence-electron chi connectivity index (χ2n) is 6.43. The lowest BCUT2D eigenvalue weighted by atomic mass is 10.1. The molecule has 0 fully saturated rings. The van der Waals surface area contributed by atoms with Crippen molar-refractivity contribution in [3.05, 3.63) is 71.2 Å². The molecule has 3 aromatic carbocycles. The van der Waals surface area contributed by atoms with Gasteiger partial charge in [0.15, 0.2) is 11.7 Å². The van der Waals surface area contributed by atoms with Crippen molar-refractivity contribution < 1.29 is 14.3 Å². The normalized spacial score (nSPS) is 10.7. The maximum Gasteiger partial charge on any atom is 0.264 e. The molecule has 0 radical (unpaired) electrons. The lowest BCUT2D eigenvalue weighted by molar-refractivity contribution is -0.118. The number of thiazole rings is 1. The van der Waals surface area contributed by atoms with Gasteiger partial charge in [-0.25, -0.2) is 4.98 Å². The van der Waals surface area contributed by atoms with Crippen LogP contribution in [0.2, 0.25) is 0 Å². The molecule has 0 atom stereocenters. The van der Waals surface area contributed by atoms with Gasteiger partial charge in [0.05, 0.1) is 21.3 Å². The van der Waals surface area contributed by atoms with Gasteiger partial charge in [-0.2, -0.15) is 0 Å². The molecule has 1 amide bonds. The van der Waals surface area contributed by atoms with Crippen molar-refractivity contribution in [2.45, 2.75) is 6.92 Å². The molecular weight excluding hydrogens is 464 g/mol. The van der Waals surface area contributed by atoms with Gasteiger partial charge in [0.1, 0.15) is 11.5 Å². The summed E-state index contributed by atoms with van der Waals surface area (Å²) in [7, 11) is 0. The third-order valence-corrected chi connectivity index (χ3v) is 5.87. The molecule has 1 heterocycles. The summed E-state index contributed by atoms with van der Waals surface area (Å²) >= 11 is 4.93. The Kier molecular flexibility index (Phi) is 6.30. The number of nitrogens with zero attached hydrogens (tertiary/aromatic N) is 1. The Bertz CT molecular complexity index is 1180. The minimum Gasteiger partial charge on any atom is -0.494 e. The number of fused-ring (bicyclic) bond motifs is 1. The second-order valence-corrected chi connectivity index (χ2v) is 8.31. The first-order valence-corrected chi connectivity index (χ1v) is 11.0. The van der Waals surface area contributed by atoms with Crippen molar-refractivity contribution in [3.63, 3.8) is 0 Å². The first-order chi connectivity index (χ1) is 14.6. The van der Waals surface area contributed by atoms with Crippen LogP contribution in [-0.2, 0) is 4.79 Å². The van der Waals surface area contributed by atoms with Gasteiger partial charge in [-0.1, -0.05) is 47.7 Å². The zero-order valence-corrected chi connectivity index (χ0v) is 18.6. The van der Waals surface area contributed by atoms with Gasteiger partial charge in [0, 0.05) is 0 Å². The minimum absolute atomic E-state index is 0.108. The van der Waals surface area contributed by atoms with E-state index in [9.17, 15) is 4.79 Å². The Balaban J connectivity index is 1.38. The fourth-order valence-corrected chi connectivity index (χ4v) is 4.35. The average molecular weight is 483 g/mol. The number of aromatic nitrogens is 1. The zero-order valence-electron chi connectivity index (χ0n) is 16.2. The predicted molar refractivity (Wildman–Crippen MR) is 124 cm³/mol. The van der Waals surface area contributed by atoms with Crippen LogP contribution in [0.1, 0.15) is 6.92 Å². The van der Waals surface area contributed by atoms with E-state index in [1.165, 1.54) is 11.3 Å². The summed E-state index contributed by atoms with van der Waals surface area (Å²) in [6.07, 6.45) is 0. The Hall–Kier alpha value is -2.90. The zero-order chi connectivity index (χ0) is 20.9. The summed E-state index contributed by atoms with van der Waals surface area (Å²) in [5, 5.41) is 3.33. The largest absolute Gasteiger partial charge is 0.494 e. The molecule has 5 nitrogen and oxygen atoms in total. The summed E-state index contributed by atoms with van der Waals surface area (Å²) in [5.74, 6) is 1.13. The highest BCUT2D eigenvalue weighted by molar-refractivity contribution is 9.10. The van der Waals surface area contributed by atoms with Crippen molar-refractivity contribution in [1.82, 2.24) is 4.98 Å². The smallest absolute Gasteiger partial charge is 0.264 e. The summed E-state index contributed by atoms with van der Waals surface area (Å²) in [5.41, 5.74) is 3.00.